The van der Waals surface area contributed by atoms with Gasteiger partial charge in [0.1, 0.15) is 6.29 Å². The van der Waals surface area contributed by atoms with Crippen LogP contribution >= 0.6 is 7.60 Å². The fourth-order valence-electron chi connectivity index (χ4n) is 1.79. The number of carbonyl (C=O) groups excluding carboxylic acids is 1. The molecule has 1 saturated heterocycles. The van der Waals surface area contributed by atoms with E-state index < -0.39 is 19.0 Å². The number of nitrogens with zero attached hydrogens (tertiary/aromatic N) is 1. The second-order valence-corrected chi connectivity index (χ2v) is 7.99. The molecule has 7 nitrogen and oxygen atoms in total. The van der Waals surface area contributed by atoms with Crippen LogP contribution in [-0.4, -0.2) is 56.7 Å². The number of esters is 1. The van der Waals surface area contributed by atoms with E-state index in [-0.39, 0.29) is 19.7 Å². The zero-order chi connectivity index (χ0) is 15.9. The third-order valence-electron chi connectivity index (χ3n) is 2.96. The molecule has 1 unspecified atom stereocenters. The molecule has 8 heteroatoms. The van der Waals surface area contributed by atoms with Gasteiger partial charge in [-0.15, -0.1) is 0 Å². The Morgan fingerprint density at radius 1 is 1.24 bits per heavy atom. The van der Waals surface area contributed by atoms with E-state index >= 15 is 0 Å². The van der Waals surface area contributed by atoms with Crippen LogP contribution in [0.2, 0.25) is 0 Å². The molecule has 1 aliphatic rings. The summed E-state index contributed by atoms with van der Waals surface area (Å²) in [4.78, 5) is 13.7. The average Bonchev–Trinajstić information content (AvgIpc) is 2.38. The minimum atomic E-state index is -3.28. The lowest BCUT2D eigenvalue weighted by Crippen LogP contribution is -2.43. The van der Waals surface area contributed by atoms with Crippen LogP contribution in [0.15, 0.2) is 0 Å². The molecule has 1 rings (SSSR count). The zero-order valence-corrected chi connectivity index (χ0v) is 14.3. The van der Waals surface area contributed by atoms with E-state index in [0.717, 1.165) is 26.2 Å². The molecule has 1 aliphatic heterocycles. The first-order valence-electron chi connectivity index (χ1n) is 7.25. The maximum atomic E-state index is 12.6. The van der Waals surface area contributed by atoms with Crippen molar-refractivity contribution in [1.29, 1.82) is 0 Å². The molecule has 21 heavy (non-hydrogen) atoms. The molecular formula is C13H27N2O5P. The summed E-state index contributed by atoms with van der Waals surface area (Å²) >= 11 is 0. The molecule has 1 atom stereocenters. The summed E-state index contributed by atoms with van der Waals surface area (Å²) in [6, 6.07) is 0. The molecule has 0 bridgehead atoms. The molecule has 1 fully saturated rings. The number of piperazine rings is 1. The van der Waals surface area contributed by atoms with Crippen molar-refractivity contribution in [2.75, 3.05) is 45.9 Å². The number of hydrogen-bond acceptors (Lipinski definition) is 7. The number of carbonyl (C=O) groups is 1. The Bertz CT molecular complexity index is 377. The second kappa shape index (κ2) is 8.25. The number of hydrogen-bond donors (Lipinski definition) is 1. The highest BCUT2D eigenvalue weighted by molar-refractivity contribution is 7.53. The van der Waals surface area contributed by atoms with Gasteiger partial charge in [-0.3, -0.25) is 18.8 Å². The largest absolute Gasteiger partial charge is 0.438 e. The topological polar surface area (TPSA) is 77.1 Å². The predicted molar refractivity (Wildman–Crippen MR) is 80.0 cm³/mol. The summed E-state index contributed by atoms with van der Waals surface area (Å²) in [7, 11) is -3.28. The molecule has 124 valence electrons. The highest BCUT2D eigenvalue weighted by atomic mass is 31.2. The van der Waals surface area contributed by atoms with E-state index in [1.807, 2.05) is 4.90 Å². The summed E-state index contributed by atoms with van der Waals surface area (Å²) in [6.07, 6.45) is 0.218. The summed E-state index contributed by atoms with van der Waals surface area (Å²) < 4.78 is 28.2. The van der Waals surface area contributed by atoms with Gasteiger partial charge in [0.25, 0.3) is 0 Å². The highest BCUT2D eigenvalue weighted by Crippen LogP contribution is 2.48. The lowest BCUT2D eigenvalue weighted by atomic mass is 9.98. The van der Waals surface area contributed by atoms with Gasteiger partial charge in [-0.1, -0.05) is 0 Å². The fraction of sp³-hybridized carbons (Fsp3) is 0.923. The summed E-state index contributed by atoms with van der Waals surface area (Å²) in [6.45, 7) is 10.2. The maximum absolute atomic E-state index is 12.6. The molecule has 0 aromatic carbocycles. The van der Waals surface area contributed by atoms with Gasteiger partial charge in [-0.25, -0.2) is 0 Å². The van der Waals surface area contributed by atoms with Gasteiger partial charge in [0, 0.05) is 26.2 Å². The van der Waals surface area contributed by atoms with E-state index in [0.29, 0.717) is 0 Å². The van der Waals surface area contributed by atoms with Crippen LogP contribution in [0.3, 0.4) is 0 Å². The standard InChI is InChI=1S/C13H27N2O5P/c1-5-19-21(17,10-15-8-6-14-7-9-15)20-11-18-12(16)13(2,3)4/h14H,5-11H2,1-4H3. The van der Waals surface area contributed by atoms with Crippen LogP contribution in [0, 0.1) is 5.41 Å². The molecule has 0 aromatic heterocycles. The predicted octanol–water partition coefficient (Wildman–Crippen LogP) is 1.64. The minimum absolute atomic E-state index is 0.218. The molecule has 0 aliphatic carbocycles. The lowest BCUT2D eigenvalue weighted by molar-refractivity contribution is -0.160. The normalized spacial score (nSPS) is 20.0. The van der Waals surface area contributed by atoms with E-state index in [9.17, 15) is 9.36 Å². The molecule has 0 amide bonds. The van der Waals surface area contributed by atoms with Crippen LogP contribution < -0.4 is 5.32 Å². The number of nitrogens with one attached hydrogen (secondary N) is 1. The monoisotopic (exact) mass is 322 g/mol. The Morgan fingerprint density at radius 3 is 2.38 bits per heavy atom. The SMILES string of the molecule is CCOP(=O)(CN1CCNCC1)OCOC(=O)C(C)(C)C. The van der Waals surface area contributed by atoms with Gasteiger partial charge in [0.15, 0.2) is 0 Å². The molecule has 0 aromatic rings. The van der Waals surface area contributed by atoms with Crippen LogP contribution in [0.4, 0.5) is 0 Å². The van der Waals surface area contributed by atoms with Gasteiger partial charge < -0.3 is 14.6 Å². The molecule has 1 heterocycles. The smallest absolute Gasteiger partial charge is 0.347 e. The van der Waals surface area contributed by atoms with Gasteiger partial charge in [0.05, 0.1) is 12.0 Å². The van der Waals surface area contributed by atoms with E-state index in [2.05, 4.69) is 5.32 Å². The van der Waals surface area contributed by atoms with Crippen LogP contribution in [0.1, 0.15) is 27.7 Å². The van der Waals surface area contributed by atoms with Gasteiger partial charge in [-0.05, 0) is 27.7 Å². The molecule has 0 spiro atoms. The first-order valence-corrected chi connectivity index (χ1v) is 8.98. The first kappa shape index (κ1) is 18.6. The second-order valence-electron chi connectivity index (χ2n) is 5.97. The molecule has 0 saturated carbocycles. The summed E-state index contributed by atoms with van der Waals surface area (Å²) in [5, 5.41) is 3.22. The van der Waals surface area contributed by atoms with Crippen molar-refractivity contribution in [3.05, 3.63) is 0 Å². The van der Waals surface area contributed by atoms with Crippen LogP contribution in [0.25, 0.3) is 0 Å². The first-order chi connectivity index (χ1) is 9.77. The molecular weight excluding hydrogens is 295 g/mol. The van der Waals surface area contributed by atoms with Crippen molar-refractivity contribution in [2.45, 2.75) is 27.7 Å². The Labute approximate surface area is 126 Å². The molecule has 1 N–H and O–H groups in total. The highest BCUT2D eigenvalue weighted by Gasteiger charge is 2.30. The van der Waals surface area contributed by atoms with Crippen molar-refractivity contribution in [3.63, 3.8) is 0 Å². The Kier molecular flexibility index (Phi) is 7.30. The van der Waals surface area contributed by atoms with Crippen molar-refractivity contribution >= 4 is 13.6 Å². The minimum Gasteiger partial charge on any atom is -0.438 e. The fourth-order valence-corrected chi connectivity index (χ4v) is 3.41. The lowest BCUT2D eigenvalue weighted by Gasteiger charge is -2.30. The average molecular weight is 322 g/mol. The third kappa shape index (κ3) is 6.89. The summed E-state index contributed by atoms with van der Waals surface area (Å²) in [5.74, 6) is -0.396. The zero-order valence-electron chi connectivity index (χ0n) is 13.4. The third-order valence-corrected chi connectivity index (χ3v) is 4.86. The number of rotatable bonds is 7. The Morgan fingerprint density at radius 2 is 1.86 bits per heavy atom. The van der Waals surface area contributed by atoms with Crippen LogP contribution in [0.5, 0.6) is 0 Å². The van der Waals surface area contributed by atoms with Gasteiger partial charge in [0.2, 0.25) is 6.79 Å². The van der Waals surface area contributed by atoms with E-state index in [1.165, 1.54) is 0 Å². The van der Waals surface area contributed by atoms with Crippen molar-refractivity contribution in [2.24, 2.45) is 5.41 Å². The molecule has 0 radical (unpaired) electrons. The van der Waals surface area contributed by atoms with Gasteiger partial charge in [-0.2, -0.15) is 0 Å². The van der Waals surface area contributed by atoms with Crippen molar-refractivity contribution in [3.8, 4) is 0 Å². The van der Waals surface area contributed by atoms with Gasteiger partial charge >= 0.3 is 13.6 Å². The Hall–Kier alpha value is -0.460. The number of ether oxygens (including phenoxy) is 1. The van der Waals surface area contributed by atoms with E-state index in [1.54, 1.807) is 27.7 Å². The quantitative estimate of drug-likeness (QED) is 0.434. The van der Waals surface area contributed by atoms with Crippen LogP contribution in [-0.2, 0) is 23.1 Å². The maximum Gasteiger partial charge on any atom is 0.347 e. The van der Waals surface area contributed by atoms with Crippen molar-refractivity contribution < 1.29 is 23.1 Å². The van der Waals surface area contributed by atoms with Crippen molar-refractivity contribution in [1.82, 2.24) is 10.2 Å². The summed E-state index contributed by atoms with van der Waals surface area (Å²) in [5.41, 5.74) is -0.614. The Balaban J connectivity index is 2.47. The van der Waals surface area contributed by atoms with E-state index in [4.69, 9.17) is 13.8 Å².